The van der Waals surface area contributed by atoms with Crippen LogP contribution in [-0.2, 0) is 0 Å². The lowest BCUT2D eigenvalue weighted by Crippen LogP contribution is -2.63. The Morgan fingerprint density at radius 2 is 1.27 bits per heavy atom. The van der Waals surface area contributed by atoms with Crippen molar-refractivity contribution in [1.29, 1.82) is 0 Å². The summed E-state index contributed by atoms with van der Waals surface area (Å²) in [5.41, 5.74) is -4.01. The van der Waals surface area contributed by atoms with Crippen LogP contribution in [0.25, 0.3) is 0 Å². The zero-order valence-corrected chi connectivity index (χ0v) is 12.8. The first-order valence-corrected chi connectivity index (χ1v) is 7.27. The molecule has 26 heavy (non-hydrogen) atoms. The minimum Gasteiger partial charge on any atom is -0.383 e. The molecule has 156 valence electrons. The summed E-state index contributed by atoms with van der Waals surface area (Å²) in [4.78, 5) is 0. The van der Waals surface area contributed by atoms with Crippen molar-refractivity contribution in [2.75, 3.05) is 0 Å². The summed E-state index contributed by atoms with van der Waals surface area (Å²) in [5.74, 6) is -13.5. The van der Waals surface area contributed by atoms with Gasteiger partial charge in [-0.3, -0.25) is 0 Å². The van der Waals surface area contributed by atoms with E-state index in [4.69, 9.17) is 0 Å². The van der Waals surface area contributed by atoms with Gasteiger partial charge < -0.3 is 5.11 Å². The highest BCUT2D eigenvalue weighted by atomic mass is 19.4. The van der Waals surface area contributed by atoms with E-state index in [-0.39, 0.29) is 6.42 Å². The quantitative estimate of drug-likeness (QED) is 0.600. The van der Waals surface area contributed by atoms with Crippen LogP contribution in [0.5, 0.6) is 0 Å². The van der Waals surface area contributed by atoms with Crippen molar-refractivity contribution in [2.24, 2.45) is 5.92 Å². The lowest BCUT2D eigenvalue weighted by Gasteiger charge is -2.46. The van der Waals surface area contributed by atoms with Crippen LogP contribution in [0, 0.1) is 5.92 Å². The van der Waals surface area contributed by atoms with Crippen LogP contribution in [0.15, 0.2) is 0 Å². The highest BCUT2D eigenvalue weighted by molar-refractivity contribution is 5.07. The third kappa shape index (κ3) is 4.33. The van der Waals surface area contributed by atoms with Gasteiger partial charge >= 0.3 is 18.3 Å². The Bertz CT molecular complexity index is 484. The molecule has 0 aromatic carbocycles. The fourth-order valence-electron chi connectivity index (χ4n) is 3.03. The second kappa shape index (κ2) is 6.93. The van der Waals surface area contributed by atoms with Crippen molar-refractivity contribution in [3.8, 4) is 0 Å². The number of rotatable bonds is 5. The maximum atomic E-state index is 13.9. The maximum Gasteiger partial charge on any atom is 0.425 e. The monoisotopic (exact) mass is 414 g/mol. The molecule has 1 rings (SSSR count). The minimum atomic E-state index is -6.15. The van der Waals surface area contributed by atoms with Gasteiger partial charge in [0, 0.05) is 6.42 Å². The van der Waals surface area contributed by atoms with Gasteiger partial charge in [-0.2, -0.15) is 35.1 Å². The molecule has 1 N–H and O–H groups in total. The molecule has 0 heterocycles. The van der Waals surface area contributed by atoms with Gasteiger partial charge in [0.2, 0.25) is 0 Å². The predicted molar refractivity (Wildman–Crippen MR) is 63.3 cm³/mol. The fraction of sp³-hybridized carbons (Fsp3) is 1.00. The molecule has 0 bridgehead atoms. The Labute approximate surface area is 139 Å². The van der Waals surface area contributed by atoms with Crippen LogP contribution >= 0.6 is 0 Å². The van der Waals surface area contributed by atoms with Gasteiger partial charge in [0.15, 0.2) is 0 Å². The van der Waals surface area contributed by atoms with Gasteiger partial charge in [-0.15, -0.1) is 0 Å². The largest absolute Gasteiger partial charge is 0.425 e. The molecule has 1 nitrogen and oxygen atoms in total. The van der Waals surface area contributed by atoms with Crippen molar-refractivity contribution >= 4 is 0 Å². The predicted octanol–water partition coefficient (Wildman–Crippen LogP) is 5.37. The molecule has 1 aliphatic carbocycles. The van der Waals surface area contributed by atoms with E-state index in [1.54, 1.807) is 0 Å². The SMILES string of the molecule is OC1(C(F)(F)C(F)C(F)(F)F)CCCCC1CC(F)(F)C(F)C(F)(F)F. The zero-order valence-electron chi connectivity index (χ0n) is 12.8. The van der Waals surface area contributed by atoms with Gasteiger partial charge in [-0.25, -0.2) is 17.6 Å². The van der Waals surface area contributed by atoms with Gasteiger partial charge in [-0.05, 0) is 18.8 Å². The Morgan fingerprint density at radius 3 is 1.69 bits per heavy atom. The summed E-state index contributed by atoms with van der Waals surface area (Å²) < 4.78 is 154. The highest BCUT2D eigenvalue weighted by Gasteiger charge is 2.70. The van der Waals surface area contributed by atoms with Crippen molar-refractivity contribution in [3.63, 3.8) is 0 Å². The number of hydrogen-bond acceptors (Lipinski definition) is 1. The minimum absolute atomic E-state index is 0.203. The Balaban J connectivity index is 3.21. The van der Waals surface area contributed by atoms with E-state index < -0.39 is 73.7 Å². The molecule has 4 atom stereocenters. The van der Waals surface area contributed by atoms with Gasteiger partial charge in [0.1, 0.15) is 5.60 Å². The van der Waals surface area contributed by atoms with Crippen LogP contribution in [-0.4, -0.2) is 47.2 Å². The van der Waals surface area contributed by atoms with E-state index >= 15 is 0 Å². The summed E-state index contributed by atoms with van der Waals surface area (Å²) in [7, 11) is 0. The molecule has 0 spiro atoms. The Hall–Kier alpha value is -0.880. The smallest absolute Gasteiger partial charge is 0.383 e. The topological polar surface area (TPSA) is 20.2 Å². The van der Waals surface area contributed by atoms with Crippen molar-refractivity contribution in [2.45, 2.75) is 74.2 Å². The molecular formula is C13H14F12O. The van der Waals surface area contributed by atoms with Gasteiger partial charge in [-0.1, -0.05) is 12.8 Å². The summed E-state index contributed by atoms with van der Waals surface area (Å²) >= 11 is 0. The van der Waals surface area contributed by atoms with Crippen LogP contribution in [0.3, 0.4) is 0 Å². The first-order valence-electron chi connectivity index (χ1n) is 7.27. The molecular weight excluding hydrogens is 400 g/mol. The van der Waals surface area contributed by atoms with E-state index in [9.17, 15) is 57.8 Å². The third-order valence-corrected chi connectivity index (χ3v) is 4.40. The molecule has 0 saturated heterocycles. The average molecular weight is 414 g/mol. The summed E-state index contributed by atoms with van der Waals surface area (Å²) in [6.07, 6.45) is -27.0. The fourth-order valence-corrected chi connectivity index (χ4v) is 3.03. The van der Waals surface area contributed by atoms with E-state index in [2.05, 4.69) is 0 Å². The van der Waals surface area contributed by atoms with E-state index in [1.165, 1.54) is 0 Å². The molecule has 13 heteroatoms. The van der Waals surface area contributed by atoms with Gasteiger partial charge in [0.25, 0.3) is 18.3 Å². The molecule has 0 aromatic rings. The number of alkyl halides is 12. The number of hydrogen-bond donors (Lipinski definition) is 1. The van der Waals surface area contributed by atoms with Crippen LogP contribution in [0.4, 0.5) is 52.7 Å². The van der Waals surface area contributed by atoms with Crippen LogP contribution < -0.4 is 0 Å². The third-order valence-electron chi connectivity index (χ3n) is 4.40. The summed E-state index contributed by atoms with van der Waals surface area (Å²) in [6.45, 7) is 0. The molecule has 0 aromatic heterocycles. The Kier molecular flexibility index (Phi) is 6.18. The number of halogens is 12. The zero-order chi connectivity index (χ0) is 20.8. The normalized spacial score (nSPS) is 28.7. The lowest BCUT2D eigenvalue weighted by molar-refractivity contribution is -0.316. The van der Waals surface area contributed by atoms with E-state index in [1.807, 2.05) is 0 Å². The van der Waals surface area contributed by atoms with E-state index in [0.717, 1.165) is 0 Å². The molecule has 1 saturated carbocycles. The highest BCUT2D eigenvalue weighted by Crippen LogP contribution is 2.53. The number of aliphatic hydroxyl groups is 1. The van der Waals surface area contributed by atoms with Crippen molar-refractivity contribution in [1.82, 2.24) is 0 Å². The molecule has 1 fully saturated rings. The Morgan fingerprint density at radius 1 is 0.808 bits per heavy atom. The summed E-state index contributed by atoms with van der Waals surface area (Å²) in [6, 6.07) is 0. The van der Waals surface area contributed by atoms with Crippen LogP contribution in [0.1, 0.15) is 32.1 Å². The van der Waals surface area contributed by atoms with Gasteiger partial charge in [0.05, 0.1) is 0 Å². The molecule has 4 unspecified atom stereocenters. The first kappa shape index (κ1) is 23.2. The molecule has 1 aliphatic rings. The lowest BCUT2D eigenvalue weighted by atomic mass is 9.68. The first-order chi connectivity index (χ1) is 11.4. The molecule has 0 radical (unpaired) electrons. The maximum absolute atomic E-state index is 13.9. The molecule has 0 aliphatic heterocycles. The standard InChI is InChI=1S/C13H14F12O/c14-7(12(20,21)22)10(16,17)5-6-3-1-2-4-9(6,26)11(18,19)8(15)13(23,24)25/h6-8,26H,1-5H2. The molecule has 0 amide bonds. The average Bonchev–Trinajstić information content (AvgIpc) is 2.45. The second-order valence-corrected chi connectivity index (χ2v) is 6.26. The van der Waals surface area contributed by atoms with E-state index in [0.29, 0.717) is 0 Å². The van der Waals surface area contributed by atoms with Crippen molar-refractivity contribution < 1.29 is 57.8 Å². The van der Waals surface area contributed by atoms with Crippen molar-refractivity contribution in [3.05, 3.63) is 0 Å². The second-order valence-electron chi connectivity index (χ2n) is 6.26. The van der Waals surface area contributed by atoms with Crippen LogP contribution in [0.2, 0.25) is 0 Å². The summed E-state index contributed by atoms with van der Waals surface area (Å²) in [5, 5.41) is 9.91.